The maximum absolute atomic E-state index is 13.0. The number of nitrogens with zero attached hydrogens (tertiary/aromatic N) is 3. The number of amides is 1. The van der Waals surface area contributed by atoms with E-state index in [-0.39, 0.29) is 5.91 Å². The van der Waals surface area contributed by atoms with Gasteiger partial charge in [-0.05, 0) is 67.1 Å². The highest BCUT2D eigenvalue weighted by Gasteiger charge is 2.30. The molecule has 0 bridgehead atoms. The number of nitrogens with one attached hydrogen (secondary N) is 1. The van der Waals surface area contributed by atoms with E-state index in [1.165, 1.54) is 23.5 Å². The van der Waals surface area contributed by atoms with E-state index in [2.05, 4.69) is 15.3 Å². The first-order chi connectivity index (χ1) is 15.8. The SMILES string of the molecule is Cc1nc2c3cc(C(=O)NCc4ccncc4)ccc3n(-c3ccc(C(F)(F)F)cc3)c2s1. The van der Waals surface area contributed by atoms with Gasteiger partial charge in [0.05, 0.1) is 16.1 Å². The Bertz CT molecular complexity index is 1470. The average molecular weight is 466 g/mol. The molecule has 0 aliphatic rings. The molecule has 0 unspecified atom stereocenters. The van der Waals surface area contributed by atoms with Gasteiger partial charge in [-0.15, -0.1) is 11.3 Å². The van der Waals surface area contributed by atoms with Gasteiger partial charge in [0.15, 0.2) is 0 Å². The van der Waals surface area contributed by atoms with Crippen molar-refractivity contribution in [1.82, 2.24) is 19.9 Å². The zero-order chi connectivity index (χ0) is 23.2. The molecule has 0 radical (unpaired) electrons. The summed E-state index contributed by atoms with van der Waals surface area (Å²) in [5.74, 6) is -0.226. The molecule has 3 heterocycles. The Kier molecular flexibility index (Phi) is 5.13. The highest BCUT2D eigenvalue weighted by atomic mass is 32.1. The Morgan fingerprint density at radius 3 is 2.48 bits per heavy atom. The van der Waals surface area contributed by atoms with Gasteiger partial charge in [-0.25, -0.2) is 4.98 Å². The van der Waals surface area contributed by atoms with Crippen molar-refractivity contribution in [1.29, 1.82) is 0 Å². The minimum Gasteiger partial charge on any atom is -0.348 e. The monoisotopic (exact) mass is 466 g/mol. The fraction of sp³-hybridized carbons (Fsp3) is 0.125. The van der Waals surface area contributed by atoms with E-state index in [9.17, 15) is 18.0 Å². The average Bonchev–Trinajstić information content (AvgIpc) is 3.32. The molecule has 2 aromatic carbocycles. The molecule has 5 nitrogen and oxygen atoms in total. The molecule has 1 N–H and O–H groups in total. The van der Waals surface area contributed by atoms with Crippen LogP contribution in [0.25, 0.3) is 26.9 Å². The highest BCUT2D eigenvalue weighted by Crippen LogP contribution is 2.36. The molecule has 33 heavy (non-hydrogen) atoms. The number of rotatable bonds is 4. The molecule has 1 amide bonds. The molecule has 0 aliphatic carbocycles. The minimum absolute atomic E-state index is 0.226. The van der Waals surface area contributed by atoms with Crippen molar-refractivity contribution in [3.63, 3.8) is 0 Å². The maximum Gasteiger partial charge on any atom is 0.416 e. The van der Waals surface area contributed by atoms with Crippen LogP contribution in [0.15, 0.2) is 67.0 Å². The fourth-order valence-electron chi connectivity index (χ4n) is 3.76. The molecule has 0 spiro atoms. The van der Waals surface area contributed by atoms with Crippen molar-refractivity contribution in [2.45, 2.75) is 19.6 Å². The summed E-state index contributed by atoms with van der Waals surface area (Å²) < 4.78 is 40.9. The van der Waals surface area contributed by atoms with E-state index in [1.54, 1.807) is 30.6 Å². The molecular formula is C24H17F3N4OS. The number of alkyl halides is 3. The van der Waals surface area contributed by atoms with Crippen molar-refractivity contribution < 1.29 is 18.0 Å². The van der Waals surface area contributed by atoms with Crippen molar-refractivity contribution >= 4 is 38.5 Å². The zero-order valence-corrected chi connectivity index (χ0v) is 18.2. The Morgan fingerprint density at radius 1 is 1.06 bits per heavy atom. The number of fused-ring (bicyclic) bond motifs is 3. The van der Waals surface area contributed by atoms with Gasteiger partial charge in [-0.2, -0.15) is 13.2 Å². The number of thiazole rings is 1. The second-order valence-electron chi connectivity index (χ2n) is 7.54. The van der Waals surface area contributed by atoms with Crippen LogP contribution < -0.4 is 5.32 Å². The summed E-state index contributed by atoms with van der Waals surface area (Å²) in [6.45, 7) is 2.25. The van der Waals surface area contributed by atoms with Crippen LogP contribution in [0, 0.1) is 6.92 Å². The van der Waals surface area contributed by atoms with Gasteiger partial charge in [-0.1, -0.05) is 0 Å². The second kappa shape index (κ2) is 8.00. The van der Waals surface area contributed by atoms with Crippen molar-refractivity contribution in [2.75, 3.05) is 0 Å². The van der Waals surface area contributed by atoms with Gasteiger partial charge >= 0.3 is 6.18 Å². The van der Waals surface area contributed by atoms with E-state index >= 15 is 0 Å². The number of aromatic nitrogens is 3. The predicted octanol–water partition coefficient (Wildman–Crippen LogP) is 5.89. The second-order valence-corrected chi connectivity index (χ2v) is 8.72. The molecule has 3 aromatic heterocycles. The lowest BCUT2D eigenvalue weighted by Gasteiger charge is -2.10. The number of halogens is 3. The number of aryl methyl sites for hydroxylation is 1. The van der Waals surface area contributed by atoms with Crippen LogP contribution in [-0.2, 0) is 12.7 Å². The summed E-state index contributed by atoms with van der Waals surface area (Å²) in [5, 5.41) is 4.49. The third-order valence-corrected chi connectivity index (χ3v) is 6.29. The maximum atomic E-state index is 13.0. The van der Waals surface area contributed by atoms with Gasteiger partial charge in [-0.3, -0.25) is 14.3 Å². The number of pyridine rings is 1. The summed E-state index contributed by atoms with van der Waals surface area (Å²) >= 11 is 1.45. The van der Waals surface area contributed by atoms with Gasteiger partial charge in [0.2, 0.25) is 0 Å². The third-order valence-electron chi connectivity index (χ3n) is 5.33. The molecule has 0 saturated carbocycles. The van der Waals surface area contributed by atoms with Gasteiger partial charge in [0.25, 0.3) is 5.91 Å². The molecule has 0 atom stereocenters. The molecule has 5 aromatic rings. The van der Waals surface area contributed by atoms with E-state index in [4.69, 9.17) is 0 Å². The Hall–Kier alpha value is -3.72. The Morgan fingerprint density at radius 2 is 1.79 bits per heavy atom. The number of carbonyl (C=O) groups excluding carboxylic acids is 1. The molecular weight excluding hydrogens is 449 g/mol. The van der Waals surface area contributed by atoms with Crippen LogP contribution in [0.1, 0.15) is 26.5 Å². The zero-order valence-electron chi connectivity index (χ0n) is 17.3. The number of benzene rings is 2. The number of hydrogen-bond donors (Lipinski definition) is 1. The largest absolute Gasteiger partial charge is 0.416 e. The number of carbonyl (C=O) groups is 1. The molecule has 166 valence electrons. The quantitative estimate of drug-likeness (QED) is 0.359. The van der Waals surface area contributed by atoms with E-state index < -0.39 is 11.7 Å². The van der Waals surface area contributed by atoms with E-state index in [0.717, 1.165) is 44.0 Å². The standard InChI is InChI=1S/C24H17F3N4OS/c1-14-30-21-19-12-16(22(32)29-13-15-8-10-28-11-9-15)2-7-20(19)31(23(21)33-14)18-5-3-17(4-6-18)24(25,26)27/h2-12H,13H2,1H3,(H,29,32). The lowest BCUT2D eigenvalue weighted by molar-refractivity contribution is -0.137. The van der Waals surface area contributed by atoms with Crippen LogP contribution in [0.3, 0.4) is 0 Å². The van der Waals surface area contributed by atoms with Gasteiger partial charge in [0.1, 0.15) is 10.3 Å². The summed E-state index contributed by atoms with van der Waals surface area (Å²) in [6.07, 6.45) is -1.07. The topological polar surface area (TPSA) is 59.8 Å². The van der Waals surface area contributed by atoms with E-state index in [1.807, 2.05) is 23.6 Å². The molecule has 0 aliphatic heterocycles. The molecule has 0 fully saturated rings. The predicted molar refractivity (Wildman–Crippen MR) is 122 cm³/mol. The fourth-order valence-corrected chi connectivity index (χ4v) is 4.72. The Labute approximate surface area is 190 Å². The summed E-state index contributed by atoms with van der Waals surface area (Å²) in [7, 11) is 0. The van der Waals surface area contributed by atoms with Crippen molar-refractivity contribution in [2.24, 2.45) is 0 Å². The summed E-state index contributed by atoms with van der Waals surface area (Å²) in [6, 6.07) is 14.0. The minimum atomic E-state index is -4.40. The highest BCUT2D eigenvalue weighted by molar-refractivity contribution is 7.18. The third kappa shape index (κ3) is 3.95. The summed E-state index contributed by atoms with van der Waals surface area (Å²) in [5.41, 5.74) is 2.80. The first-order valence-corrected chi connectivity index (χ1v) is 10.9. The molecule has 9 heteroatoms. The smallest absolute Gasteiger partial charge is 0.348 e. The first-order valence-electron chi connectivity index (χ1n) is 10.1. The molecule has 5 rings (SSSR count). The first kappa shape index (κ1) is 21.1. The normalized spacial score (nSPS) is 11.9. The van der Waals surface area contributed by atoms with Gasteiger partial charge in [0, 0.05) is 35.6 Å². The van der Waals surface area contributed by atoms with Crippen molar-refractivity contribution in [3.8, 4) is 5.69 Å². The lowest BCUT2D eigenvalue weighted by atomic mass is 10.1. The lowest BCUT2D eigenvalue weighted by Crippen LogP contribution is -2.22. The van der Waals surface area contributed by atoms with Crippen LogP contribution in [-0.4, -0.2) is 20.4 Å². The van der Waals surface area contributed by atoms with Gasteiger partial charge < -0.3 is 5.32 Å². The van der Waals surface area contributed by atoms with Crippen LogP contribution in [0.4, 0.5) is 13.2 Å². The Balaban J connectivity index is 1.55. The molecule has 0 saturated heterocycles. The van der Waals surface area contributed by atoms with Crippen LogP contribution in [0.2, 0.25) is 0 Å². The van der Waals surface area contributed by atoms with E-state index in [0.29, 0.717) is 17.8 Å². The number of hydrogen-bond acceptors (Lipinski definition) is 4. The summed E-state index contributed by atoms with van der Waals surface area (Å²) in [4.78, 5) is 22.2. The van der Waals surface area contributed by atoms with Crippen LogP contribution >= 0.6 is 11.3 Å². The van der Waals surface area contributed by atoms with Crippen LogP contribution in [0.5, 0.6) is 0 Å². The van der Waals surface area contributed by atoms with Crippen molar-refractivity contribution in [3.05, 3.63) is 88.7 Å².